The fourth-order valence-corrected chi connectivity index (χ4v) is 4.40. The standard InChI is InChI=1S/C15H14BrClN4O2/c1-2-10-9-4-3-8(7-21(9)15(22)23-10)14-19-12(16)11-13(17)18-5-6-20(11)14/h2,5-6,8-10H,1,3-4,7H2/t8-,9+,10?/m1/s1. The van der Waals surface area contributed by atoms with E-state index in [-0.39, 0.29) is 24.2 Å². The summed E-state index contributed by atoms with van der Waals surface area (Å²) in [6.07, 6.45) is 6.49. The van der Waals surface area contributed by atoms with Crippen LogP contribution in [0.1, 0.15) is 24.6 Å². The molecule has 4 rings (SSSR count). The van der Waals surface area contributed by atoms with Crippen molar-refractivity contribution in [1.29, 1.82) is 0 Å². The molecule has 0 bridgehead atoms. The van der Waals surface area contributed by atoms with E-state index >= 15 is 0 Å². The number of imidazole rings is 1. The first kappa shape index (κ1) is 15.0. The molecule has 4 heterocycles. The van der Waals surface area contributed by atoms with Crippen molar-refractivity contribution in [3.63, 3.8) is 0 Å². The Kier molecular flexibility index (Phi) is 3.57. The van der Waals surface area contributed by atoms with Gasteiger partial charge in [0, 0.05) is 24.9 Å². The zero-order valence-corrected chi connectivity index (χ0v) is 14.5. The SMILES string of the molecule is C=CC1OC(=O)N2C[C@H](c3nc(Br)c4c(Cl)nccn34)CC[C@@H]12. The van der Waals surface area contributed by atoms with Crippen LogP contribution in [-0.4, -0.2) is 44.1 Å². The molecule has 2 saturated heterocycles. The van der Waals surface area contributed by atoms with Crippen molar-refractivity contribution in [2.75, 3.05) is 6.54 Å². The summed E-state index contributed by atoms with van der Waals surface area (Å²) in [5, 5.41) is 0.402. The first-order chi connectivity index (χ1) is 11.1. The molecule has 6 nitrogen and oxygen atoms in total. The summed E-state index contributed by atoms with van der Waals surface area (Å²) < 4.78 is 7.96. The Labute approximate surface area is 146 Å². The average molecular weight is 398 g/mol. The third-order valence-electron chi connectivity index (χ3n) is 4.57. The lowest BCUT2D eigenvalue weighted by Gasteiger charge is -2.33. The fraction of sp³-hybridized carbons (Fsp3) is 0.400. The van der Waals surface area contributed by atoms with Crippen molar-refractivity contribution < 1.29 is 9.53 Å². The zero-order chi connectivity index (χ0) is 16.1. The maximum atomic E-state index is 12.1. The molecule has 0 N–H and O–H groups in total. The van der Waals surface area contributed by atoms with E-state index in [1.165, 1.54) is 0 Å². The lowest BCUT2D eigenvalue weighted by atomic mass is 9.90. The lowest BCUT2D eigenvalue weighted by molar-refractivity contribution is 0.144. The highest BCUT2D eigenvalue weighted by Crippen LogP contribution is 2.37. The Morgan fingerprint density at radius 1 is 1.48 bits per heavy atom. The summed E-state index contributed by atoms with van der Waals surface area (Å²) in [4.78, 5) is 22.6. The lowest BCUT2D eigenvalue weighted by Crippen LogP contribution is -2.43. The van der Waals surface area contributed by atoms with Gasteiger partial charge in [0.2, 0.25) is 0 Å². The highest BCUT2D eigenvalue weighted by Gasteiger charge is 2.44. The van der Waals surface area contributed by atoms with Crippen LogP contribution >= 0.6 is 27.5 Å². The summed E-state index contributed by atoms with van der Waals surface area (Å²) >= 11 is 9.62. The largest absolute Gasteiger partial charge is 0.440 e. The van der Waals surface area contributed by atoms with E-state index in [9.17, 15) is 4.79 Å². The Balaban J connectivity index is 1.70. The van der Waals surface area contributed by atoms with Gasteiger partial charge >= 0.3 is 6.09 Å². The molecule has 23 heavy (non-hydrogen) atoms. The van der Waals surface area contributed by atoms with Crippen LogP contribution in [0.15, 0.2) is 29.7 Å². The second-order valence-electron chi connectivity index (χ2n) is 5.78. The number of aromatic nitrogens is 3. The van der Waals surface area contributed by atoms with Gasteiger partial charge in [-0.05, 0) is 34.8 Å². The minimum Gasteiger partial charge on any atom is -0.440 e. The van der Waals surface area contributed by atoms with E-state index in [0.717, 1.165) is 24.2 Å². The predicted molar refractivity (Wildman–Crippen MR) is 88.6 cm³/mol. The molecule has 2 aromatic heterocycles. The molecule has 2 aliphatic heterocycles. The zero-order valence-electron chi connectivity index (χ0n) is 12.2. The van der Waals surface area contributed by atoms with Crippen molar-refractivity contribution in [1.82, 2.24) is 19.3 Å². The Hall–Kier alpha value is -1.60. The minimum absolute atomic E-state index is 0.0798. The van der Waals surface area contributed by atoms with Crippen LogP contribution in [0.4, 0.5) is 4.79 Å². The van der Waals surface area contributed by atoms with Crippen molar-refractivity contribution in [3.8, 4) is 0 Å². The molecule has 8 heteroatoms. The summed E-state index contributed by atoms with van der Waals surface area (Å²) in [6, 6.07) is 0.0798. The predicted octanol–water partition coefficient (Wildman–Crippen LogP) is 3.40. The Bertz CT molecular complexity index is 808. The number of carbonyl (C=O) groups excluding carboxylic acids is 1. The second-order valence-corrected chi connectivity index (χ2v) is 6.88. The monoisotopic (exact) mass is 396 g/mol. The van der Waals surface area contributed by atoms with Crippen molar-refractivity contribution in [3.05, 3.63) is 40.6 Å². The molecule has 2 aromatic rings. The second kappa shape index (κ2) is 5.49. The molecule has 0 spiro atoms. The van der Waals surface area contributed by atoms with Gasteiger partial charge in [0.1, 0.15) is 22.0 Å². The molecule has 1 unspecified atom stereocenters. The van der Waals surface area contributed by atoms with Gasteiger partial charge in [0.25, 0.3) is 0 Å². The summed E-state index contributed by atoms with van der Waals surface area (Å²) in [5.41, 5.74) is 0.749. The van der Waals surface area contributed by atoms with Crippen molar-refractivity contribution in [2.45, 2.75) is 30.9 Å². The van der Waals surface area contributed by atoms with Crippen LogP contribution in [-0.2, 0) is 4.74 Å². The number of rotatable bonds is 2. The number of piperidine rings is 1. The number of cyclic esters (lactones) is 1. The molecule has 0 saturated carbocycles. The molecule has 0 aliphatic carbocycles. The molecule has 3 atom stereocenters. The van der Waals surface area contributed by atoms with Gasteiger partial charge in [-0.25, -0.2) is 14.8 Å². The van der Waals surface area contributed by atoms with Crippen molar-refractivity contribution >= 4 is 39.1 Å². The maximum Gasteiger partial charge on any atom is 0.410 e. The van der Waals surface area contributed by atoms with E-state index in [2.05, 4.69) is 32.5 Å². The normalized spacial score (nSPS) is 27.1. The van der Waals surface area contributed by atoms with Gasteiger partial charge < -0.3 is 9.64 Å². The maximum absolute atomic E-state index is 12.1. The number of halogens is 2. The van der Waals surface area contributed by atoms with Crippen molar-refractivity contribution in [2.24, 2.45) is 0 Å². The third kappa shape index (κ3) is 2.25. The number of fused-ring (bicyclic) bond motifs is 2. The molecule has 2 fully saturated rings. The number of ether oxygens (including phenoxy) is 1. The quantitative estimate of drug-likeness (QED) is 0.729. The smallest absolute Gasteiger partial charge is 0.410 e. The van der Waals surface area contributed by atoms with Crippen LogP contribution < -0.4 is 0 Å². The summed E-state index contributed by atoms with van der Waals surface area (Å²) in [7, 11) is 0. The molecule has 2 aliphatic rings. The first-order valence-corrected chi connectivity index (χ1v) is 8.55. The van der Waals surface area contributed by atoms with Gasteiger partial charge in [-0.3, -0.25) is 4.40 Å². The topological polar surface area (TPSA) is 59.7 Å². The van der Waals surface area contributed by atoms with Crippen LogP contribution in [0.25, 0.3) is 5.52 Å². The van der Waals surface area contributed by atoms with E-state index in [1.54, 1.807) is 17.2 Å². The number of hydrogen-bond donors (Lipinski definition) is 0. The van der Waals surface area contributed by atoms with Crippen LogP contribution in [0, 0.1) is 0 Å². The summed E-state index contributed by atoms with van der Waals surface area (Å²) in [5.74, 6) is 1.00. The van der Waals surface area contributed by atoms with E-state index in [4.69, 9.17) is 16.3 Å². The van der Waals surface area contributed by atoms with Gasteiger partial charge in [0.05, 0.1) is 6.04 Å². The van der Waals surface area contributed by atoms with E-state index in [1.807, 2.05) is 10.6 Å². The molecule has 1 amide bonds. The van der Waals surface area contributed by atoms with Crippen LogP contribution in [0.3, 0.4) is 0 Å². The Morgan fingerprint density at radius 3 is 3.09 bits per heavy atom. The molecular formula is C15H14BrClN4O2. The van der Waals surface area contributed by atoms with Crippen LogP contribution in [0.5, 0.6) is 0 Å². The number of hydrogen-bond acceptors (Lipinski definition) is 4. The van der Waals surface area contributed by atoms with Gasteiger partial charge in [0.15, 0.2) is 5.15 Å². The molecular weight excluding hydrogens is 384 g/mol. The number of nitrogens with zero attached hydrogens (tertiary/aromatic N) is 4. The molecule has 0 aromatic carbocycles. The van der Waals surface area contributed by atoms with E-state index in [0.29, 0.717) is 16.3 Å². The molecule has 120 valence electrons. The number of carbonyl (C=O) groups is 1. The first-order valence-electron chi connectivity index (χ1n) is 7.38. The fourth-order valence-electron chi connectivity index (χ4n) is 3.49. The minimum atomic E-state index is -0.274. The third-order valence-corrected chi connectivity index (χ3v) is 5.40. The summed E-state index contributed by atoms with van der Waals surface area (Å²) in [6.45, 7) is 4.33. The Morgan fingerprint density at radius 2 is 2.30 bits per heavy atom. The highest BCUT2D eigenvalue weighted by atomic mass is 79.9. The van der Waals surface area contributed by atoms with Gasteiger partial charge in [-0.15, -0.1) is 0 Å². The van der Waals surface area contributed by atoms with Gasteiger partial charge in [-0.2, -0.15) is 0 Å². The molecule has 0 radical (unpaired) electrons. The number of amides is 1. The van der Waals surface area contributed by atoms with Crippen LogP contribution in [0.2, 0.25) is 5.15 Å². The highest BCUT2D eigenvalue weighted by molar-refractivity contribution is 9.10. The average Bonchev–Trinajstić information content (AvgIpc) is 3.06. The van der Waals surface area contributed by atoms with Gasteiger partial charge in [-0.1, -0.05) is 18.2 Å². The van der Waals surface area contributed by atoms with E-state index < -0.39 is 0 Å².